The maximum atomic E-state index is 13.3. The van der Waals surface area contributed by atoms with Crippen LogP contribution in [0.1, 0.15) is 56.3 Å². The highest BCUT2D eigenvalue weighted by Crippen LogP contribution is 2.29. The Kier molecular flexibility index (Phi) is 10.4. The molecule has 1 aliphatic carbocycles. The van der Waals surface area contributed by atoms with E-state index >= 15 is 0 Å². The summed E-state index contributed by atoms with van der Waals surface area (Å²) < 4.78 is 17.0. The molecule has 3 atom stereocenters. The van der Waals surface area contributed by atoms with Crippen molar-refractivity contribution in [3.8, 4) is 5.75 Å². The highest BCUT2D eigenvalue weighted by atomic mass is 16.5. The van der Waals surface area contributed by atoms with Gasteiger partial charge >= 0.3 is 0 Å². The Labute approximate surface area is 210 Å². The summed E-state index contributed by atoms with van der Waals surface area (Å²) in [6.07, 6.45) is 6.49. The van der Waals surface area contributed by atoms with Crippen LogP contribution in [0.5, 0.6) is 5.75 Å². The van der Waals surface area contributed by atoms with E-state index in [9.17, 15) is 9.59 Å². The first-order valence-corrected chi connectivity index (χ1v) is 12.9. The number of carbonyl (C=O) groups excluding carboxylic acids is 2. The molecule has 1 aromatic rings. The predicted octanol–water partition coefficient (Wildman–Crippen LogP) is 3.66. The van der Waals surface area contributed by atoms with Crippen LogP contribution in [0.2, 0.25) is 0 Å². The lowest BCUT2D eigenvalue weighted by Gasteiger charge is -2.38. The molecule has 0 bridgehead atoms. The number of fused-ring (bicyclic) bond motifs is 1. The molecule has 1 aliphatic heterocycles. The topological polar surface area (TPSA) is 80.3 Å². The molecule has 0 radical (unpaired) electrons. The number of hydrogen-bond acceptors (Lipinski definition) is 6. The molecule has 8 heteroatoms. The number of rotatable bonds is 6. The van der Waals surface area contributed by atoms with Gasteiger partial charge in [0, 0.05) is 58.7 Å². The number of carbonyl (C=O) groups is 2. The third-order valence-corrected chi connectivity index (χ3v) is 7.35. The Bertz CT molecular complexity index is 842. The molecule has 2 aliphatic rings. The minimum atomic E-state index is -0.256. The third kappa shape index (κ3) is 7.66. The molecule has 3 rings (SSSR count). The van der Waals surface area contributed by atoms with Crippen molar-refractivity contribution in [1.29, 1.82) is 0 Å². The fourth-order valence-electron chi connectivity index (χ4n) is 5.21. The summed E-state index contributed by atoms with van der Waals surface area (Å²) in [4.78, 5) is 29.6. The number of likely N-dealkylation sites (N-methyl/N-ethyl adjacent to an activating group) is 1. The van der Waals surface area contributed by atoms with Crippen molar-refractivity contribution in [2.75, 3.05) is 59.4 Å². The summed E-state index contributed by atoms with van der Waals surface area (Å²) in [5.41, 5.74) is 1.05. The molecule has 0 unspecified atom stereocenters. The molecule has 1 saturated carbocycles. The molecule has 0 spiro atoms. The second-order valence-electron chi connectivity index (χ2n) is 10.2. The number of amides is 2. The van der Waals surface area contributed by atoms with E-state index in [2.05, 4.69) is 24.1 Å². The number of hydrogen-bond donors (Lipinski definition) is 1. The number of methoxy groups -OCH3 is 2. The monoisotopic (exact) mass is 489 g/mol. The SMILES string of the molecule is COCC(=O)Nc1ccc2c(c1)OC[C@@H](C)N(CC1CCCCC1)C[C@@H](C)[C@H](OC)CN(C)C2=O. The van der Waals surface area contributed by atoms with Gasteiger partial charge in [0.2, 0.25) is 5.91 Å². The largest absolute Gasteiger partial charge is 0.491 e. The van der Waals surface area contributed by atoms with E-state index in [0.29, 0.717) is 36.1 Å². The van der Waals surface area contributed by atoms with Crippen molar-refractivity contribution in [2.24, 2.45) is 11.8 Å². The summed E-state index contributed by atoms with van der Waals surface area (Å²) in [7, 11) is 5.00. The Morgan fingerprint density at radius 1 is 1.14 bits per heavy atom. The summed E-state index contributed by atoms with van der Waals surface area (Å²) >= 11 is 0. The van der Waals surface area contributed by atoms with E-state index in [-0.39, 0.29) is 36.5 Å². The first-order valence-electron chi connectivity index (χ1n) is 12.9. The van der Waals surface area contributed by atoms with Gasteiger partial charge in [0.1, 0.15) is 19.0 Å². The molecule has 1 fully saturated rings. The zero-order chi connectivity index (χ0) is 25.4. The predicted molar refractivity (Wildman–Crippen MR) is 137 cm³/mol. The van der Waals surface area contributed by atoms with Gasteiger partial charge in [-0.05, 0) is 43.7 Å². The molecule has 1 aromatic carbocycles. The first kappa shape index (κ1) is 27.4. The second kappa shape index (κ2) is 13.2. The van der Waals surface area contributed by atoms with Gasteiger partial charge in [0.15, 0.2) is 0 Å². The average Bonchev–Trinajstić information content (AvgIpc) is 2.85. The van der Waals surface area contributed by atoms with Crippen LogP contribution in [0.3, 0.4) is 0 Å². The molecular formula is C27H43N3O5. The van der Waals surface area contributed by atoms with Crippen LogP contribution in [0.25, 0.3) is 0 Å². The van der Waals surface area contributed by atoms with Crippen molar-refractivity contribution < 1.29 is 23.8 Å². The van der Waals surface area contributed by atoms with Crippen molar-refractivity contribution in [2.45, 2.75) is 58.1 Å². The zero-order valence-electron chi connectivity index (χ0n) is 22.0. The minimum absolute atomic E-state index is 0.0383. The maximum absolute atomic E-state index is 13.3. The van der Waals surface area contributed by atoms with Crippen molar-refractivity contribution >= 4 is 17.5 Å². The molecule has 2 amide bonds. The van der Waals surface area contributed by atoms with E-state index in [1.807, 2.05) is 0 Å². The molecule has 196 valence electrons. The van der Waals surface area contributed by atoms with Gasteiger partial charge in [-0.2, -0.15) is 0 Å². The Morgan fingerprint density at radius 2 is 1.89 bits per heavy atom. The van der Waals surface area contributed by atoms with E-state index in [1.165, 1.54) is 39.2 Å². The zero-order valence-corrected chi connectivity index (χ0v) is 22.0. The van der Waals surface area contributed by atoms with Gasteiger partial charge < -0.3 is 24.4 Å². The normalized spacial score (nSPS) is 25.2. The fraction of sp³-hybridized carbons (Fsp3) is 0.704. The van der Waals surface area contributed by atoms with Crippen molar-refractivity contribution in [3.05, 3.63) is 23.8 Å². The molecule has 0 aromatic heterocycles. The summed E-state index contributed by atoms with van der Waals surface area (Å²) in [5, 5.41) is 2.80. The van der Waals surface area contributed by atoms with E-state index < -0.39 is 0 Å². The first-order chi connectivity index (χ1) is 16.8. The van der Waals surface area contributed by atoms with Crippen LogP contribution in [0, 0.1) is 11.8 Å². The molecule has 0 saturated heterocycles. The number of benzene rings is 1. The van der Waals surface area contributed by atoms with Gasteiger partial charge in [0.05, 0.1) is 11.7 Å². The Balaban J connectivity index is 1.88. The summed E-state index contributed by atoms with van der Waals surface area (Å²) in [6, 6.07) is 5.35. The van der Waals surface area contributed by atoms with Gasteiger partial charge in [-0.3, -0.25) is 14.5 Å². The third-order valence-electron chi connectivity index (χ3n) is 7.35. The van der Waals surface area contributed by atoms with Crippen LogP contribution in [0.15, 0.2) is 18.2 Å². The molecule has 35 heavy (non-hydrogen) atoms. The molecule has 1 heterocycles. The number of nitrogens with one attached hydrogen (secondary N) is 1. The summed E-state index contributed by atoms with van der Waals surface area (Å²) in [5.74, 6) is 1.07. The van der Waals surface area contributed by atoms with E-state index in [0.717, 1.165) is 13.1 Å². The van der Waals surface area contributed by atoms with Crippen LogP contribution in [0.4, 0.5) is 5.69 Å². The molecule has 8 nitrogen and oxygen atoms in total. The van der Waals surface area contributed by atoms with E-state index in [1.54, 1.807) is 37.3 Å². The fourth-order valence-corrected chi connectivity index (χ4v) is 5.21. The lowest BCUT2D eigenvalue weighted by Crippen LogP contribution is -2.48. The van der Waals surface area contributed by atoms with E-state index in [4.69, 9.17) is 14.2 Å². The van der Waals surface area contributed by atoms with Crippen LogP contribution in [-0.4, -0.2) is 87.9 Å². The smallest absolute Gasteiger partial charge is 0.257 e. The highest BCUT2D eigenvalue weighted by molar-refractivity contribution is 5.98. The minimum Gasteiger partial charge on any atom is -0.491 e. The van der Waals surface area contributed by atoms with Gasteiger partial charge in [-0.15, -0.1) is 0 Å². The quantitative estimate of drug-likeness (QED) is 0.657. The second-order valence-corrected chi connectivity index (χ2v) is 10.2. The van der Waals surface area contributed by atoms with Gasteiger partial charge in [-0.1, -0.05) is 26.2 Å². The summed E-state index contributed by atoms with van der Waals surface area (Å²) in [6.45, 7) is 7.26. The van der Waals surface area contributed by atoms with Crippen molar-refractivity contribution in [1.82, 2.24) is 9.80 Å². The average molecular weight is 490 g/mol. The molecule has 1 N–H and O–H groups in total. The Morgan fingerprint density at radius 3 is 2.57 bits per heavy atom. The van der Waals surface area contributed by atoms with Crippen LogP contribution in [-0.2, 0) is 14.3 Å². The van der Waals surface area contributed by atoms with Crippen molar-refractivity contribution in [3.63, 3.8) is 0 Å². The van der Waals surface area contributed by atoms with Gasteiger partial charge in [0.25, 0.3) is 5.91 Å². The lowest BCUT2D eigenvalue weighted by atomic mass is 9.88. The number of anilines is 1. The van der Waals surface area contributed by atoms with Gasteiger partial charge in [-0.25, -0.2) is 0 Å². The number of ether oxygens (including phenoxy) is 3. The Hall–Kier alpha value is -2.16. The standard InChI is InChI=1S/C27H43N3O5/c1-19-14-30(15-21-9-7-6-8-10-21)20(2)17-35-24-13-22(28-26(31)18-33-4)11-12-23(24)27(32)29(3)16-25(19)34-5/h11-13,19-21,25H,6-10,14-18H2,1-5H3,(H,28,31)/t19-,20-,25-/m1/s1. The lowest BCUT2D eigenvalue weighted by molar-refractivity contribution is -0.119. The van der Waals surface area contributed by atoms with Crippen LogP contribution < -0.4 is 10.1 Å². The molecular weight excluding hydrogens is 446 g/mol. The maximum Gasteiger partial charge on any atom is 0.257 e. The number of nitrogens with zero attached hydrogens (tertiary/aromatic N) is 2. The van der Waals surface area contributed by atoms with Crippen LogP contribution >= 0.6 is 0 Å². The highest BCUT2D eigenvalue weighted by Gasteiger charge is 2.29.